The summed E-state index contributed by atoms with van der Waals surface area (Å²) in [5, 5.41) is 10.6. The molecule has 3 N–H and O–H groups in total. The second-order valence-electron chi connectivity index (χ2n) is 26.4. The Balaban J connectivity index is 5.21. The lowest BCUT2D eigenvalue weighted by molar-refractivity contribution is -0.161. The molecule has 0 aliphatic carbocycles. The summed E-state index contributed by atoms with van der Waals surface area (Å²) in [6.45, 7) is 14.0. The number of carbonyl (C=O) groups is 4. The molecule has 0 aliphatic heterocycles. The fourth-order valence-corrected chi connectivity index (χ4v) is 11.8. The average molecular weight is 1300 g/mol. The Labute approximate surface area is 537 Å². The molecule has 0 aliphatic rings. The van der Waals surface area contributed by atoms with Gasteiger partial charge in [0.25, 0.3) is 0 Å². The topological polar surface area (TPSA) is 237 Å². The molecule has 0 bridgehead atoms. The highest BCUT2D eigenvalue weighted by molar-refractivity contribution is 7.47. The molecule has 0 saturated carbocycles. The van der Waals surface area contributed by atoms with E-state index < -0.39 is 97.5 Å². The summed E-state index contributed by atoms with van der Waals surface area (Å²) in [4.78, 5) is 72.4. The van der Waals surface area contributed by atoms with Crippen molar-refractivity contribution < 1.29 is 80.2 Å². The minimum Gasteiger partial charge on any atom is -0.462 e. The minimum atomic E-state index is -4.95. The van der Waals surface area contributed by atoms with Gasteiger partial charge in [-0.05, 0) is 49.4 Å². The van der Waals surface area contributed by atoms with Crippen LogP contribution in [-0.4, -0.2) is 96.7 Å². The summed E-state index contributed by atoms with van der Waals surface area (Å²) in [5.74, 6) is 0.839. The summed E-state index contributed by atoms with van der Waals surface area (Å²) in [5.41, 5.74) is 0. The lowest BCUT2D eigenvalue weighted by Gasteiger charge is -2.21. The molecule has 522 valence electrons. The van der Waals surface area contributed by atoms with Gasteiger partial charge in [0.15, 0.2) is 12.2 Å². The standard InChI is InChI=1S/C69H134O17P2/c1-9-61(7)47-39-31-22-17-15-13-11-12-14-16-18-23-35-43-51-68(73)85-65(56-80-67(72)50-42-34-28-26-32-40-48-62(8)10-2)58-84-88(77,78)82-54-63(70)53-81-87(75,76)83-57-64(55-79-66(71)49-41-33-27-25-30-38-46-60(5)6)86-69(74)52-44-36-24-20-19-21-29-37-45-59(3)4/h59-65,70H,9-58H2,1-8H3,(H,75,76)(H,77,78)/t61?,62?,63-,64-,65-/m1/s1. The summed E-state index contributed by atoms with van der Waals surface area (Å²) >= 11 is 0. The van der Waals surface area contributed by atoms with Gasteiger partial charge < -0.3 is 33.8 Å². The number of hydrogen-bond acceptors (Lipinski definition) is 15. The van der Waals surface area contributed by atoms with Crippen LogP contribution >= 0.6 is 15.6 Å². The van der Waals surface area contributed by atoms with Gasteiger partial charge >= 0.3 is 39.5 Å². The summed E-state index contributed by atoms with van der Waals surface area (Å²) in [6, 6.07) is 0. The van der Waals surface area contributed by atoms with Crippen molar-refractivity contribution in [1.29, 1.82) is 0 Å². The maximum Gasteiger partial charge on any atom is 0.472 e. The smallest absolute Gasteiger partial charge is 0.462 e. The molecule has 0 rings (SSSR count). The first kappa shape index (κ1) is 86.1. The number of aliphatic hydroxyl groups is 1. The number of phosphoric acid groups is 2. The number of ether oxygens (including phenoxy) is 4. The molecule has 88 heavy (non-hydrogen) atoms. The van der Waals surface area contributed by atoms with Gasteiger partial charge in [-0.1, -0.05) is 287 Å². The highest BCUT2D eigenvalue weighted by Crippen LogP contribution is 2.45. The fourth-order valence-electron chi connectivity index (χ4n) is 10.2. The van der Waals surface area contributed by atoms with Crippen LogP contribution in [-0.2, 0) is 65.4 Å². The van der Waals surface area contributed by atoms with Gasteiger partial charge in [0, 0.05) is 25.7 Å². The first-order valence-corrected chi connectivity index (χ1v) is 38.8. The van der Waals surface area contributed by atoms with Gasteiger partial charge in [0.05, 0.1) is 26.4 Å². The molecule has 19 heteroatoms. The lowest BCUT2D eigenvalue weighted by atomic mass is 9.99. The maximum absolute atomic E-state index is 13.0. The van der Waals surface area contributed by atoms with E-state index >= 15 is 0 Å². The van der Waals surface area contributed by atoms with E-state index in [1.807, 2.05) is 0 Å². The Hall–Kier alpha value is -1.94. The van der Waals surface area contributed by atoms with E-state index in [0.29, 0.717) is 31.6 Å². The second kappa shape index (κ2) is 58.8. The molecule has 0 fully saturated rings. The number of aliphatic hydroxyl groups excluding tert-OH is 1. The largest absolute Gasteiger partial charge is 0.472 e. The van der Waals surface area contributed by atoms with Crippen LogP contribution in [0.3, 0.4) is 0 Å². The van der Waals surface area contributed by atoms with E-state index in [-0.39, 0.29) is 25.7 Å². The van der Waals surface area contributed by atoms with Crippen molar-refractivity contribution in [2.24, 2.45) is 23.7 Å². The third-order valence-electron chi connectivity index (χ3n) is 16.5. The van der Waals surface area contributed by atoms with Crippen molar-refractivity contribution in [2.45, 2.75) is 356 Å². The van der Waals surface area contributed by atoms with Gasteiger partial charge in [-0.15, -0.1) is 0 Å². The normalized spacial score (nSPS) is 14.9. The molecule has 0 aromatic rings. The van der Waals surface area contributed by atoms with Crippen LogP contribution in [0.1, 0.15) is 338 Å². The van der Waals surface area contributed by atoms with Crippen LogP contribution in [0.25, 0.3) is 0 Å². The predicted molar refractivity (Wildman–Crippen MR) is 354 cm³/mol. The molecule has 0 spiro atoms. The molecule has 0 radical (unpaired) electrons. The Bertz CT molecular complexity index is 1750. The molecule has 0 amide bonds. The highest BCUT2D eigenvalue weighted by Gasteiger charge is 2.30. The molecule has 7 atom stereocenters. The zero-order valence-electron chi connectivity index (χ0n) is 57.3. The summed E-state index contributed by atoms with van der Waals surface area (Å²) < 4.78 is 68.2. The van der Waals surface area contributed by atoms with E-state index in [9.17, 15) is 43.2 Å². The SMILES string of the molecule is CCC(C)CCCCCCCCCCCCCCCCC(=O)O[C@H](COC(=O)CCCCCCCCC(C)CC)COP(=O)(O)OC[C@H](O)COP(=O)(O)OC[C@@H](COC(=O)CCCCCCCCC(C)C)OC(=O)CCCCCCCCCCC(C)C. The average Bonchev–Trinajstić information content (AvgIpc) is 3.71. The van der Waals surface area contributed by atoms with E-state index in [1.165, 1.54) is 128 Å². The third-order valence-corrected chi connectivity index (χ3v) is 18.4. The van der Waals surface area contributed by atoms with Gasteiger partial charge in [0.1, 0.15) is 19.3 Å². The van der Waals surface area contributed by atoms with Crippen LogP contribution in [0, 0.1) is 23.7 Å². The Morgan fingerprint density at radius 3 is 0.807 bits per heavy atom. The molecule has 0 aromatic heterocycles. The fraction of sp³-hybridized carbons (Fsp3) is 0.942. The summed E-state index contributed by atoms with van der Waals surface area (Å²) in [6.07, 6.45) is 40.5. The molecular weight excluding hydrogens is 1160 g/mol. The van der Waals surface area contributed by atoms with Crippen LogP contribution in [0.5, 0.6) is 0 Å². The van der Waals surface area contributed by atoms with Crippen molar-refractivity contribution in [2.75, 3.05) is 39.6 Å². The third kappa shape index (κ3) is 60.3. The number of rotatable bonds is 66. The van der Waals surface area contributed by atoms with Gasteiger partial charge in [-0.2, -0.15) is 0 Å². The van der Waals surface area contributed by atoms with Crippen LogP contribution in [0.4, 0.5) is 0 Å². The molecule has 0 heterocycles. The van der Waals surface area contributed by atoms with Crippen LogP contribution in [0.2, 0.25) is 0 Å². The van der Waals surface area contributed by atoms with E-state index in [4.69, 9.17) is 37.0 Å². The van der Waals surface area contributed by atoms with Crippen LogP contribution in [0.15, 0.2) is 0 Å². The van der Waals surface area contributed by atoms with Crippen molar-refractivity contribution >= 4 is 39.5 Å². The zero-order chi connectivity index (χ0) is 65.4. The second-order valence-corrected chi connectivity index (χ2v) is 29.3. The molecular formula is C69H134O17P2. The number of hydrogen-bond donors (Lipinski definition) is 3. The van der Waals surface area contributed by atoms with Crippen molar-refractivity contribution in [3.63, 3.8) is 0 Å². The van der Waals surface area contributed by atoms with Crippen molar-refractivity contribution in [3.05, 3.63) is 0 Å². The van der Waals surface area contributed by atoms with Crippen LogP contribution < -0.4 is 0 Å². The Kier molecular flexibility index (Phi) is 57.6. The summed E-state index contributed by atoms with van der Waals surface area (Å²) in [7, 11) is -9.90. The molecule has 0 saturated heterocycles. The number of esters is 4. The molecule has 17 nitrogen and oxygen atoms in total. The zero-order valence-corrected chi connectivity index (χ0v) is 59.1. The van der Waals surface area contributed by atoms with Gasteiger partial charge in [0.2, 0.25) is 0 Å². The minimum absolute atomic E-state index is 0.103. The Morgan fingerprint density at radius 1 is 0.318 bits per heavy atom. The van der Waals surface area contributed by atoms with E-state index in [1.54, 1.807) is 0 Å². The van der Waals surface area contributed by atoms with E-state index in [0.717, 1.165) is 120 Å². The first-order chi connectivity index (χ1) is 42.2. The van der Waals surface area contributed by atoms with Gasteiger partial charge in [-0.25, -0.2) is 9.13 Å². The number of phosphoric ester groups is 2. The predicted octanol–water partition coefficient (Wildman–Crippen LogP) is 19.3. The number of carbonyl (C=O) groups excluding carboxylic acids is 4. The monoisotopic (exact) mass is 1300 g/mol. The van der Waals surface area contributed by atoms with Gasteiger partial charge in [-0.3, -0.25) is 37.3 Å². The van der Waals surface area contributed by atoms with Crippen molar-refractivity contribution in [1.82, 2.24) is 0 Å². The number of unbranched alkanes of at least 4 members (excludes halogenated alkanes) is 30. The van der Waals surface area contributed by atoms with E-state index in [2.05, 4.69) is 55.4 Å². The first-order valence-electron chi connectivity index (χ1n) is 35.8. The van der Waals surface area contributed by atoms with Crippen molar-refractivity contribution in [3.8, 4) is 0 Å². The Morgan fingerprint density at radius 2 is 0.545 bits per heavy atom. The quantitative estimate of drug-likeness (QED) is 0.0222. The molecule has 4 unspecified atom stereocenters. The molecule has 0 aromatic carbocycles. The maximum atomic E-state index is 13.0. The highest BCUT2D eigenvalue weighted by atomic mass is 31.2. The lowest BCUT2D eigenvalue weighted by Crippen LogP contribution is -2.30.